The summed E-state index contributed by atoms with van der Waals surface area (Å²) in [6.45, 7) is -2.01. The van der Waals surface area contributed by atoms with E-state index >= 15 is 0 Å². The predicted molar refractivity (Wildman–Crippen MR) is 82.1 cm³/mol. The minimum atomic E-state index is -4.81. The number of carboxylic acid groups (broad SMARTS) is 1. The Hall–Kier alpha value is -1.48. The number of hydrogen-bond donors (Lipinski definition) is 9. The number of amides is 1. The molecular formula is C11H23N2O12P. The molecule has 0 aromatic rings. The maximum absolute atomic E-state index is 10.7. The van der Waals surface area contributed by atoms with Crippen LogP contribution in [0.25, 0.3) is 0 Å². The zero-order valence-electron chi connectivity index (χ0n) is 13.4. The van der Waals surface area contributed by atoms with Crippen molar-refractivity contribution in [2.45, 2.75) is 37.2 Å². The van der Waals surface area contributed by atoms with Gasteiger partial charge in [-0.25, -0.2) is 4.57 Å². The zero-order valence-corrected chi connectivity index (χ0v) is 14.3. The minimum Gasteiger partial charge on any atom is -0.480 e. The molecule has 0 aromatic heterocycles. The number of rotatable bonds is 11. The smallest absolute Gasteiger partial charge is 0.469 e. The van der Waals surface area contributed by atoms with E-state index in [1.54, 1.807) is 0 Å². The van der Waals surface area contributed by atoms with Gasteiger partial charge >= 0.3 is 13.8 Å². The molecule has 1 amide bonds. The third kappa shape index (κ3) is 13.8. The van der Waals surface area contributed by atoms with Gasteiger partial charge in [0.05, 0.1) is 6.61 Å². The largest absolute Gasteiger partial charge is 0.480 e. The Labute approximate surface area is 147 Å². The summed E-state index contributed by atoms with van der Waals surface area (Å²) in [4.78, 5) is 47.4. The topological polar surface area (TPSA) is 271 Å². The molecule has 26 heavy (non-hydrogen) atoms. The summed E-state index contributed by atoms with van der Waals surface area (Å²) in [7, 11) is -4.81. The lowest BCUT2D eigenvalue weighted by atomic mass is 10.1. The van der Waals surface area contributed by atoms with Crippen molar-refractivity contribution in [2.24, 2.45) is 11.5 Å². The Morgan fingerprint density at radius 1 is 1.12 bits per heavy atom. The highest BCUT2D eigenvalue weighted by Crippen LogP contribution is 2.35. The highest BCUT2D eigenvalue weighted by Gasteiger charge is 2.31. The van der Waals surface area contributed by atoms with E-state index < -0.39 is 63.0 Å². The van der Waals surface area contributed by atoms with Crippen molar-refractivity contribution >= 4 is 25.5 Å². The fraction of sp³-hybridized carbons (Fsp3) is 0.727. The molecule has 0 fully saturated rings. The Morgan fingerprint density at radius 2 is 1.62 bits per heavy atom. The number of carbonyl (C=O) groups excluding carboxylic acids is 2. The van der Waals surface area contributed by atoms with E-state index in [1.807, 2.05) is 0 Å². The van der Waals surface area contributed by atoms with Gasteiger partial charge in [0.2, 0.25) is 5.91 Å². The number of phosphoric ester groups is 1. The second kappa shape index (κ2) is 12.8. The maximum Gasteiger partial charge on any atom is 0.469 e. The number of aliphatic carboxylic acids is 1. The van der Waals surface area contributed by atoms with Crippen molar-refractivity contribution in [1.29, 1.82) is 0 Å². The molecule has 4 atom stereocenters. The van der Waals surface area contributed by atoms with Crippen LogP contribution in [0, 0.1) is 0 Å². The van der Waals surface area contributed by atoms with Gasteiger partial charge in [-0.1, -0.05) is 0 Å². The quantitative estimate of drug-likeness (QED) is 0.146. The van der Waals surface area contributed by atoms with Crippen molar-refractivity contribution in [2.75, 3.05) is 13.2 Å². The number of aliphatic hydroxyl groups is 4. The van der Waals surface area contributed by atoms with Crippen molar-refractivity contribution in [1.82, 2.24) is 0 Å². The van der Waals surface area contributed by atoms with Gasteiger partial charge in [0.15, 0.2) is 5.78 Å². The fourth-order valence-electron chi connectivity index (χ4n) is 1.19. The van der Waals surface area contributed by atoms with Crippen LogP contribution < -0.4 is 11.5 Å². The van der Waals surface area contributed by atoms with Crippen molar-refractivity contribution in [3.8, 4) is 0 Å². The molecular weight excluding hydrogens is 383 g/mol. The monoisotopic (exact) mass is 406 g/mol. The van der Waals surface area contributed by atoms with E-state index in [0.29, 0.717) is 0 Å². The summed E-state index contributed by atoms with van der Waals surface area (Å²) < 4.78 is 14.1. The number of aliphatic hydroxyl groups excluding tert-OH is 4. The third-order valence-corrected chi connectivity index (χ3v) is 3.12. The molecule has 11 N–H and O–H groups in total. The molecule has 15 heteroatoms. The number of carboxylic acids is 1. The molecule has 0 aliphatic rings. The van der Waals surface area contributed by atoms with Crippen LogP contribution in [-0.2, 0) is 23.5 Å². The van der Waals surface area contributed by atoms with Crippen LogP contribution in [0.15, 0.2) is 0 Å². The first-order valence-corrected chi connectivity index (χ1v) is 8.40. The lowest BCUT2D eigenvalue weighted by Gasteiger charge is -2.21. The van der Waals surface area contributed by atoms with E-state index in [0.717, 1.165) is 0 Å². The Balaban J connectivity index is 0. The number of carbonyl (C=O) groups is 3. The molecule has 0 rings (SSSR count). The summed E-state index contributed by atoms with van der Waals surface area (Å²) >= 11 is 0. The van der Waals surface area contributed by atoms with Crippen molar-refractivity contribution < 1.29 is 58.8 Å². The summed E-state index contributed by atoms with van der Waals surface area (Å²) in [5.74, 6) is -2.78. The standard InChI is InChI=1S/C6H13O9P.C5H10N2O3/c7-1-3(8)5(10)6(11)4(9)2-15-16(12,13)14;6-3(5(9)10)1-2-4(7)8/h4-7,9-11H,1-2H2,(H2,12,13,14);3H,1-2,6H2,(H2,7,8)(H,9,10). The molecule has 0 spiro atoms. The van der Waals surface area contributed by atoms with E-state index in [9.17, 15) is 18.9 Å². The van der Waals surface area contributed by atoms with Crippen LogP contribution in [-0.4, -0.2) is 90.5 Å². The van der Waals surface area contributed by atoms with Gasteiger partial charge in [-0.2, -0.15) is 0 Å². The predicted octanol–water partition coefficient (Wildman–Crippen LogP) is -4.60. The number of phosphoric acid groups is 1. The molecule has 4 unspecified atom stereocenters. The van der Waals surface area contributed by atoms with Crippen LogP contribution in [0.5, 0.6) is 0 Å². The number of Topliss-reactive ketones (excluding diaryl/α,β-unsaturated/α-hetero) is 1. The second-order valence-electron chi connectivity index (χ2n) is 4.86. The average Bonchev–Trinajstić information content (AvgIpc) is 2.54. The van der Waals surface area contributed by atoms with E-state index in [2.05, 4.69) is 4.52 Å². The van der Waals surface area contributed by atoms with Crippen LogP contribution in [0.3, 0.4) is 0 Å². The first kappa shape index (κ1) is 26.7. The SMILES string of the molecule is NC(=O)CCC(N)C(=O)O.O=C(CO)C(O)C(O)C(O)COP(=O)(O)O. The highest BCUT2D eigenvalue weighted by molar-refractivity contribution is 7.46. The number of hydrogen-bond acceptors (Lipinski definition) is 10. The lowest BCUT2D eigenvalue weighted by Crippen LogP contribution is -2.45. The number of nitrogens with two attached hydrogens (primary N) is 2. The minimum absolute atomic E-state index is 0.0213. The highest BCUT2D eigenvalue weighted by atomic mass is 31.2. The average molecular weight is 406 g/mol. The molecule has 0 bridgehead atoms. The molecule has 0 aromatic carbocycles. The Morgan fingerprint density at radius 3 is 1.96 bits per heavy atom. The van der Waals surface area contributed by atoms with Crippen LogP contribution in [0.1, 0.15) is 12.8 Å². The molecule has 154 valence electrons. The van der Waals surface area contributed by atoms with Gasteiger partial charge in [-0.15, -0.1) is 0 Å². The van der Waals surface area contributed by atoms with Crippen LogP contribution in [0.4, 0.5) is 0 Å². The normalized spacial score (nSPS) is 15.8. The van der Waals surface area contributed by atoms with Crippen molar-refractivity contribution in [3.63, 3.8) is 0 Å². The molecule has 0 aliphatic carbocycles. The molecule has 0 saturated heterocycles. The van der Waals surface area contributed by atoms with Gasteiger partial charge in [0.25, 0.3) is 0 Å². The molecule has 0 radical (unpaired) electrons. The molecule has 14 nitrogen and oxygen atoms in total. The first-order chi connectivity index (χ1) is 11.7. The van der Waals surface area contributed by atoms with E-state index in [-0.39, 0.29) is 12.8 Å². The third-order valence-electron chi connectivity index (χ3n) is 2.64. The lowest BCUT2D eigenvalue weighted by molar-refractivity contribution is -0.142. The second-order valence-corrected chi connectivity index (χ2v) is 6.10. The fourth-order valence-corrected chi connectivity index (χ4v) is 1.53. The molecule has 0 saturated carbocycles. The Bertz CT molecular complexity index is 509. The maximum atomic E-state index is 10.7. The Kier molecular flexibility index (Phi) is 13.2. The number of ketones is 1. The summed E-state index contributed by atoms with van der Waals surface area (Å²) in [5.41, 5.74) is 9.81. The van der Waals surface area contributed by atoms with Gasteiger partial charge < -0.3 is 46.8 Å². The van der Waals surface area contributed by atoms with E-state index in [1.165, 1.54) is 0 Å². The summed E-state index contributed by atoms with van der Waals surface area (Å²) in [6.07, 6.45) is -5.82. The summed E-state index contributed by atoms with van der Waals surface area (Å²) in [6, 6.07) is -0.979. The molecule has 0 heterocycles. The van der Waals surface area contributed by atoms with Gasteiger partial charge in [0.1, 0.15) is 31.0 Å². The van der Waals surface area contributed by atoms with Crippen LogP contribution >= 0.6 is 7.82 Å². The van der Waals surface area contributed by atoms with Gasteiger partial charge in [-0.05, 0) is 6.42 Å². The van der Waals surface area contributed by atoms with E-state index in [4.69, 9.17) is 46.8 Å². The van der Waals surface area contributed by atoms with Crippen LogP contribution in [0.2, 0.25) is 0 Å². The van der Waals surface area contributed by atoms with Gasteiger partial charge in [-0.3, -0.25) is 18.9 Å². The molecule has 0 aliphatic heterocycles. The summed E-state index contributed by atoms with van der Waals surface area (Å²) in [5, 5.41) is 43.8. The zero-order chi connectivity index (χ0) is 21.1. The van der Waals surface area contributed by atoms with Gasteiger partial charge in [0, 0.05) is 6.42 Å². The first-order valence-electron chi connectivity index (χ1n) is 6.87. The van der Waals surface area contributed by atoms with Crippen molar-refractivity contribution in [3.05, 3.63) is 0 Å². The number of primary amides is 1.